The molecule has 0 spiro atoms. The first kappa shape index (κ1) is 16.8. The summed E-state index contributed by atoms with van der Waals surface area (Å²) in [6.07, 6.45) is 2.90. The summed E-state index contributed by atoms with van der Waals surface area (Å²) in [5.74, 6) is 0.781. The van der Waals surface area contributed by atoms with Crippen molar-refractivity contribution in [2.24, 2.45) is 0 Å². The summed E-state index contributed by atoms with van der Waals surface area (Å²) in [6.45, 7) is 4.13. The molecule has 0 saturated carbocycles. The predicted octanol–water partition coefficient (Wildman–Crippen LogP) is 1.92. The van der Waals surface area contributed by atoms with E-state index >= 15 is 0 Å². The Morgan fingerprint density at radius 1 is 1.35 bits per heavy atom. The molecule has 1 amide bonds. The smallest absolute Gasteiger partial charge is 0.258 e. The Labute approximate surface area is 126 Å². The van der Waals surface area contributed by atoms with Crippen molar-refractivity contribution in [2.45, 2.75) is 32.2 Å². The van der Waals surface area contributed by atoms with E-state index in [1.54, 1.807) is 0 Å². The Hall–Kier alpha value is -1.26. The summed E-state index contributed by atoms with van der Waals surface area (Å²) in [5, 5.41) is 6.30. The van der Waals surface area contributed by atoms with Crippen LogP contribution in [0.3, 0.4) is 0 Å². The molecule has 1 saturated heterocycles. The van der Waals surface area contributed by atoms with Gasteiger partial charge in [-0.1, -0.05) is 25.1 Å². The molecule has 1 fully saturated rings. The van der Waals surface area contributed by atoms with Crippen LogP contribution in [-0.2, 0) is 11.2 Å². The highest BCUT2D eigenvalue weighted by Crippen LogP contribution is 2.18. The fourth-order valence-electron chi connectivity index (χ4n) is 2.32. The van der Waals surface area contributed by atoms with Gasteiger partial charge < -0.3 is 15.4 Å². The number of hydrogen-bond donors (Lipinski definition) is 2. The van der Waals surface area contributed by atoms with E-state index < -0.39 is 0 Å². The number of rotatable bonds is 5. The zero-order valence-electron chi connectivity index (χ0n) is 11.9. The largest absolute Gasteiger partial charge is 0.483 e. The molecule has 2 N–H and O–H groups in total. The molecular weight excluding hydrogens is 276 g/mol. The normalized spacial score (nSPS) is 15.2. The van der Waals surface area contributed by atoms with Gasteiger partial charge in [0.05, 0.1) is 0 Å². The zero-order valence-corrected chi connectivity index (χ0v) is 12.7. The van der Waals surface area contributed by atoms with E-state index in [9.17, 15) is 4.79 Å². The molecule has 1 aromatic carbocycles. The highest BCUT2D eigenvalue weighted by Gasteiger charge is 2.15. The SMILES string of the molecule is CCc1ccccc1OCC(=O)NC1CCNCC1.Cl. The molecule has 0 radical (unpaired) electrons. The highest BCUT2D eigenvalue weighted by molar-refractivity contribution is 5.85. The number of halogens is 1. The number of carbonyl (C=O) groups excluding carboxylic acids is 1. The van der Waals surface area contributed by atoms with Gasteiger partial charge in [0.2, 0.25) is 0 Å². The minimum absolute atomic E-state index is 0. The molecule has 20 heavy (non-hydrogen) atoms. The molecular formula is C15H23ClN2O2. The molecule has 0 aromatic heterocycles. The Morgan fingerprint density at radius 3 is 2.75 bits per heavy atom. The molecule has 1 aromatic rings. The molecule has 0 bridgehead atoms. The van der Waals surface area contributed by atoms with Crippen molar-refractivity contribution < 1.29 is 9.53 Å². The molecule has 0 unspecified atom stereocenters. The lowest BCUT2D eigenvalue weighted by Crippen LogP contribution is -2.44. The van der Waals surface area contributed by atoms with E-state index in [1.807, 2.05) is 24.3 Å². The minimum atomic E-state index is -0.0298. The molecule has 4 nitrogen and oxygen atoms in total. The topological polar surface area (TPSA) is 50.4 Å². The maximum atomic E-state index is 11.8. The maximum Gasteiger partial charge on any atom is 0.258 e. The number of hydrogen-bond acceptors (Lipinski definition) is 3. The average molecular weight is 299 g/mol. The van der Waals surface area contributed by atoms with Gasteiger partial charge in [0.25, 0.3) is 5.91 Å². The van der Waals surface area contributed by atoms with Gasteiger partial charge in [-0.15, -0.1) is 12.4 Å². The fraction of sp³-hybridized carbons (Fsp3) is 0.533. The molecule has 112 valence electrons. The van der Waals surface area contributed by atoms with Crippen LogP contribution in [0.4, 0.5) is 0 Å². The van der Waals surface area contributed by atoms with Gasteiger partial charge in [0.15, 0.2) is 6.61 Å². The number of amides is 1. The van der Waals surface area contributed by atoms with Crippen LogP contribution in [0.25, 0.3) is 0 Å². The van der Waals surface area contributed by atoms with E-state index in [-0.39, 0.29) is 24.9 Å². The van der Waals surface area contributed by atoms with Gasteiger partial charge >= 0.3 is 0 Å². The Bertz CT molecular complexity index is 420. The molecule has 5 heteroatoms. The van der Waals surface area contributed by atoms with Gasteiger partial charge in [-0.2, -0.15) is 0 Å². The summed E-state index contributed by atoms with van der Waals surface area (Å²) in [7, 11) is 0. The molecule has 1 aliphatic heterocycles. The first-order valence-electron chi connectivity index (χ1n) is 7.00. The van der Waals surface area contributed by atoms with E-state index in [2.05, 4.69) is 17.6 Å². The first-order valence-corrected chi connectivity index (χ1v) is 7.00. The van der Waals surface area contributed by atoms with Gasteiger partial charge in [-0.25, -0.2) is 0 Å². The molecule has 0 atom stereocenters. The summed E-state index contributed by atoms with van der Waals surface area (Å²) >= 11 is 0. The second kappa shape index (κ2) is 8.82. The highest BCUT2D eigenvalue weighted by atomic mass is 35.5. The number of ether oxygens (including phenoxy) is 1. The number of nitrogens with one attached hydrogen (secondary N) is 2. The lowest BCUT2D eigenvalue weighted by molar-refractivity contribution is -0.124. The van der Waals surface area contributed by atoms with Crippen molar-refractivity contribution in [1.82, 2.24) is 10.6 Å². The minimum Gasteiger partial charge on any atom is -0.483 e. The van der Waals surface area contributed by atoms with Gasteiger partial charge in [-0.05, 0) is 44.0 Å². The average Bonchev–Trinajstić information content (AvgIpc) is 2.46. The lowest BCUT2D eigenvalue weighted by Gasteiger charge is -2.23. The zero-order chi connectivity index (χ0) is 13.5. The van der Waals surface area contributed by atoms with E-state index in [1.165, 1.54) is 0 Å². The second-order valence-electron chi connectivity index (χ2n) is 4.84. The number of aryl methyl sites for hydroxylation is 1. The van der Waals surface area contributed by atoms with Crippen molar-refractivity contribution in [3.8, 4) is 5.75 Å². The van der Waals surface area contributed by atoms with Gasteiger partial charge in [0.1, 0.15) is 5.75 Å². The van der Waals surface area contributed by atoms with Crippen molar-refractivity contribution in [1.29, 1.82) is 0 Å². The quantitative estimate of drug-likeness (QED) is 0.873. The molecule has 2 rings (SSSR count). The Balaban J connectivity index is 0.00000200. The summed E-state index contributed by atoms with van der Waals surface area (Å²) in [6, 6.07) is 8.15. The summed E-state index contributed by atoms with van der Waals surface area (Å²) in [4.78, 5) is 11.8. The van der Waals surface area contributed by atoms with Crippen LogP contribution < -0.4 is 15.4 Å². The van der Waals surface area contributed by atoms with E-state index in [4.69, 9.17) is 4.74 Å². The van der Waals surface area contributed by atoms with Gasteiger partial charge in [-0.3, -0.25) is 4.79 Å². The predicted molar refractivity (Wildman–Crippen MR) is 82.6 cm³/mol. The van der Waals surface area contributed by atoms with Crippen LogP contribution in [-0.4, -0.2) is 31.6 Å². The van der Waals surface area contributed by atoms with Crippen molar-refractivity contribution >= 4 is 18.3 Å². The maximum absolute atomic E-state index is 11.8. The molecule has 1 aliphatic rings. The van der Waals surface area contributed by atoms with Crippen molar-refractivity contribution in [3.05, 3.63) is 29.8 Å². The number of carbonyl (C=O) groups is 1. The van der Waals surface area contributed by atoms with E-state index in [0.29, 0.717) is 6.04 Å². The van der Waals surface area contributed by atoms with Gasteiger partial charge in [0, 0.05) is 6.04 Å². The third-order valence-electron chi connectivity index (χ3n) is 3.42. The standard InChI is InChI=1S/C15H22N2O2.ClH/c1-2-12-5-3-4-6-14(12)19-11-15(18)17-13-7-9-16-10-8-13;/h3-6,13,16H,2,7-11H2,1H3,(H,17,18);1H. The Morgan fingerprint density at radius 2 is 2.05 bits per heavy atom. The Kier molecular flexibility index (Phi) is 7.41. The summed E-state index contributed by atoms with van der Waals surface area (Å²) in [5.41, 5.74) is 1.14. The second-order valence-corrected chi connectivity index (χ2v) is 4.84. The van der Waals surface area contributed by atoms with Crippen LogP contribution in [0.1, 0.15) is 25.3 Å². The number of piperidine rings is 1. The van der Waals surface area contributed by atoms with Crippen LogP contribution in [0, 0.1) is 0 Å². The lowest BCUT2D eigenvalue weighted by atomic mass is 10.1. The first-order chi connectivity index (χ1) is 9.29. The number of para-hydroxylation sites is 1. The van der Waals surface area contributed by atoms with Crippen LogP contribution in [0.2, 0.25) is 0 Å². The molecule has 1 heterocycles. The van der Waals surface area contributed by atoms with Crippen LogP contribution in [0.5, 0.6) is 5.75 Å². The van der Waals surface area contributed by atoms with Crippen LogP contribution in [0.15, 0.2) is 24.3 Å². The fourth-order valence-corrected chi connectivity index (χ4v) is 2.32. The summed E-state index contributed by atoms with van der Waals surface area (Å²) < 4.78 is 5.60. The third-order valence-corrected chi connectivity index (χ3v) is 3.42. The van der Waals surface area contributed by atoms with Crippen molar-refractivity contribution in [2.75, 3.05) is 19.7 Å². The van der Waals surface area contributed by atoms with Crippen molar-refractivity contribution in [3.63, 3.8) is 0 Å². The number of benzene rings is 1. The molecule has 0 aliphatic carbocycles. The van der Waals surface area contributed by atoms with Crippen LogP contribution >= 0.6 is 12.4 Å². The third kappa shape index (κ3) is 5.02. The monoisotopic (exact) mass is 298 g/mol. The van der Waals surface area contributed by atoms with E-state index in [0.717, 1.165) is 43.7 Å².